The lowest BCUT2D eigenvalue weighted by molar-refractivity contribution is 0.0933. The third-order valence-electron chi connectivity index (χ3n) is 3.54. The summed E-state index contributed by atoms with van der Waals surface area (Å²) < 4.78 is 0. The molecule has 0 saturated carbocycles. The molecular formula is C17H19ClN2O2S. The Kier molecular flexibility index (Phi) is 6.19. The van der Waals surface area contributed by atoms with E-state index in [0.29, 0.717) is 21.2 Å². The maximum absolute atomic E-state index is 12.3. The van der Waals surface area contributed by atoms with E-state index in [2.05, 4.69) is 10.6 Å². The van der Waals surface area contributed by atoms with E-state index in [-0.39, 0.29) is 17.9 Å². The van der Waals surface area contributed by atoms with Gasteiger partial charge < -0.3 is 10.6 Å². The largest absolute Gasteiger partial charge is 0.349 e. The summed E-state index contributed by atoms with van der Waals surface area (Å²) in [7, 11) is 0. The fourth-order valence-corrected chi connectivity index (χ4v) is 2.90. The van der Waals surface area contributed by atoms with Gasteiger partial charge >= 0.3 is 0 Å². The SMILES string of the molecule is CCC(CC)NC(=O)c1ccc(Cl)c(NC(=O)c2cccs2)c1. The molecule has 1 aromatic carbocycles. The van der Waals surface area contributed by atoms with E-state index in [9.17, 15) is 9.59 Å². The highest BCUT2D eigenvalue weighted by Gasteiger charge is 2.14. The van der Waals surface area contributed by atoms with Gasteiger partial charge in [0.15, 0.2) is 0 Å². The average Bonchev–Trinajstić information content (AvgIpc) is 3.09. The molecule has 1 aromatic heterocycles. The number of benzene rings is 1. The molecule has 0 spiro atoms. The maximum Gasteiger partial charge on any atom is 0.265 e. The van der Waals surface area contributed by atoms with Gasteiger partial charge in [0.2, 0.25) is 0 Å². The summed E-state index contributed by atoms with van der Waals surface area (Å²) in [6.45, 7) is 4.06. The lowest BCUT2D eigenvalue weighted by atomic mass is 10.1. The Bertz CT molecular complexity index is 682. The number of carbonyl (C=O) groups is 2. The van der Waals surface area contributed by atoms with Crippen LogP contribution >= 0.6 is 22.9 Å². The molecule has 2 aromatic rings. The van der Waals surface area contributed by atoms with Gasteiger partial charge in [-0.2, -0.15) is 0 Å². The smallest absolute Gasteiger partial charge is 0.265 e. The predicted molar refractivity (Wildman–Crippen MR) is 95.6 cm³/mol. The molecule has 0 radical (unpaired) electrons. The fourth-order valence-electron chi connectivity index (χ4n) is 2.12. The van der Waals surface area contributed by atoms with Crippen molar-refractivity contribution in [3.05, 3.63) is 51.2 Å². The molecule has 0 saturated heterocycles. The Morgan fingerprint density at radius 1 is 1.17 bits per heavy atom. The quantitative estimate of drug-likeness (QED) is 0.801. The van der Waals surface area contributed by atoms with Crippen LogP contribution in [0.1, 0.15) is 46.7 Å². The van der Waals surface area contributed by atoms with Gasteiger partial charge in [-0.15, -0.1) is 11.3 Å². The van der Waals surface area contributed by atoms with Gasteiger partial charge in [-0.3, -0.25) is 9.59 Å². The van der Waals surface area contributed by atoms with E-state index < -0.39 is 0 Å². The highest BCUT2D eigenvalue weighted by molar-refractivity contribution is 7.12. The van der Waals surface area contributed by atoms with Crippen LogP contribution in [0.25, 0.3) is 0 Å². The molecule has 23 heavy (non-hydrogen) atoms. The summed E-state index contributed by atoms with van der Waals surface area (Å²) in [5.74, 6) is -0.401. The van der Waals surface area contributed by atoms with Crippen molar-refractivity contribution >= 4 is 40.4 Å². The number of halogens is 1. The van der Waals surface area contributed by atoms with Gasteiger partial charge in [-0.25, -0.2) is 0 Å². The molecule has 2 amide bonds. The highest BCUT2D eigenvalue weighted by Crippen LogP contribution is 2.24. The van der Waals surface area contributed by atoms with Gasteiger partial charge in [0, 0.05) is 11.6 Å². The van der Waals surface area contributed by atoms with Crippen LogP contribution in [-0.4, -0.2) is 17.9 Å². The lowest BCUT2D eigenvalue weighted by Crippen LogP contribution is -2.33. The number of nitrogens with one attached hydrogen (secondary N) is 2. The van der Waals surface area contributed by atoms with Crippen LogP contribution in [0.2, 0.25) is 5.02 Å². The molecule has 0 fully saturated rings. The maximum atomic E-state index is 12.3. The molecule has 4 nitrogen and oxygen atoms in total. The first kappa shape index (κ1) is 17.5. The minimum absolute atomic E-state index is 0.141. The Morgan fingerprint density at radius 3 is 2.52 bits per heavy atom. The molecule has 122 valence electrons. The molecule has 0 aliphatic heterocycles. The van der Waals surface area contributed by atoms with Crippen LogP contribution in [0.5, 0.6) is 0 Å². The Morgan fingerprint density at radius 2 is 1.91 bits per heavy atom. The Hall–Kier alpha value is -1.85. The number of anilines is 1. The van der Waals surface area contributed by atoms with Crippen molar-refractivity contribution in [2.45, 2.75) is 32.7 Å². The first-order chi connectivity index (χ1) is 11.0. The van der Waals surface area contributed by atoms with Crippen molar-refractivity contribution in [1.29, 1.82) is 0 Å². The van der Waals surface area contributed by atoms with E-state index >= 15 is 0 Å². The van der Waals surface area contributed by atoms with Crippen LogP contribution in [0, 0.1) is 0 Å². The molecule has 0 aliphatic rings. The molecule has 0 atom stereocenters. The van der Waals surface area contributed by atoms with Gasteiger partial charge in [0.05, 0.1) is 15.6 Å². The van der Waals surface area contributed by atoms with Crippen LogP contribution in [0.15, 0.2) is 35.7 Å². The van der Waals surface area contributed by atoms with E-state index in [0.717, 1.165) is 12.8 Å². The molecule has 6 heteroatoms. The zero-order valence-electron chi connectivity index (χ0n) is 13.1. The van der Waals surface area contributed by atoms with Gasteiger partial charge in [0.25, 0.3) is 11.8 Å². The van der Waals surface area contributed by atoms with Crippen molar-refractivity contribution in [1.82, 2.24) is 5.32 Å². The average molecular weight is 351 g/mol. The lowest BCUT2D eigenvalue weighted by Gasteiger charge is -2.15. The monoisotopic (exact) mass is 350 g/mol. The van der Waals surface area contributed by atoms with E-state index in [4.69, 9.17) is 11.6 Å². The number of carbonyl (C=O) groups excluding carboxylic acids is 2. The van der Waals surface area contributed by atoms with Crippen molar-refractivity contribution in [2.24, 2.45) is 0 Å². The Labute approximate surface area is 144 Å². The number of thiophene rings is 1. The minimum atomic E-state index is -0.237. The molecule has 1 heterocycles. The van der Waals surface area contributed by atoms with Gasteiger partial charge in [0.1, 0.15) is 0 Å². The molecule has 2 N–H and O–H groups in total. The summed E-state index contributed by atoms with van der Waals surface area (Å²) in [4.78, 5) is 25.0. The van der Waals surface area contributed by atoms with Gasteiger partial charge in [-0.05, 0) is 42.5 Å². The van der Waals surface area contributed by atoms with Crippen LogP contribution in [0.4, 0.5) is 5.69 Å². The minimum Gasteiger partial charge on any atom is -0.349 e. The second-order valence-electron chi connectivity index (χ2n) is 5.11. The fraction of sp³-hybridized carbons (Fsp3) is 0.294. The zero-order valence-corrected chi connectivity index (χ0v) is 14.6. The van der Waals surface area contributed by atoms with Crippen molar-refractivity contribution < 1.29 is 9.59 Å². The molecular weight excluding hydrogens is 332 g/mol. The topological polar surface area (TPSA) is 58.2 Å². The summed E-state index contributed by atoms with van der Waals surface area (Å²) in [5.41, 5.74) is 0.907. The standard InChI is InChI=1S/C17H19ClN2O2S/c1-3-12(4-2)19-16(21)11-7-8-13(18)14(10-11)20-17(22)15-6-5-9-23-15/h5-10,12H,3-4H2,1-2H3,(H,19,21)(H,20,22). The highest BCUT2D eigenvalue weighted by atomic mass is 35.5. The normalized spacial score (nSPS) is 10.6. The van der Waals surface area contributed by atoms with E-state index in [1.807, 2.05) is 19.2 Å². The Balaban J connectivity index is 2.15. The van der Waals surface area contributed by atoms with Crippen molar-refractivity contribution in [3.8, 4) is 0 Å². The summed E-state index contributed by atoms with van der Waals surface area (Å²) in [6.07, 6.45) is 1.75. The molecule has 2 rings (SSSR count). The third-order valence-corrected chi connectivity index (χ3v) is 4.74. The van der Waals surface area contributed by atoms with Gasteiger partial charge in [-0.1, -0.05) is 31.5 Å². The predicted octanol–water partition coefficient (Wildman–Crippen LogP) is 4.57. The van der Waals surface area contributed by atoms with Crippen LogP contribution in [0.3, 0.4) is 0 Å². The number of amides is 2. The molecule has 0 bridgehead atoms. The zero-order chi connectivity index (χ0) is 16.8. The number of hydrogen-bond donors (Lipinski definition) is 2. The second-order valence-corrected chi connectivity index (χ2v) is 6.47. The molecule has 0 aliphatic carbocycles. The third kappa shape index (κ3) is 4.56. The van der Waals surface area contributed by atoms with Crippen LogP contribution < -0.4 is 10.6 Å². The van der Waals surface area contributed by atoms with Crippen molar-refractivity contribution in [2.75, 3.05) is 5.32 Å². The number of hydrogen-bond acceptors (Lipinski definition) is 3. The first-order valence-electron chi connectivity index (χ1n) is 7.50. The molecule has 0 unspecified atom stereocenters. The number of rotatable bonds is 6. The second kappa shape index (κ2) is 8.13. The van der Waals surface area contributed by atoms with E-state index in [1.165, 1.54) is 11.3 Å². The van der Waals surface area contributed by atoms with E-state index in [1.54, 1.807) is 30.3 Å². The summed E-state index contributed by atoms with van der Waals surface area (Å²) in [5, 5.41) is 7.94. The first-order valence-corrected chi connectivity index (χ1v) is 8.76. The summed E-state index contributed by atoms with van der Waals surface area (Å²) in [6, 6.07) is 8.56. The van der Waals surface area contributed by atoms with Crippen LogP contribution in [-0.2, 0) is 0 Å². The van der Waals surface area contributed by atoms with Crippen molar-refractivity contribution in [3.63, 3.8) is 0 Å². The summed E-state index contributed by atoms with van der Waals surface area (Å²) >= 11 is 7.47.